The Labute approximate surface area is 132 Å². The molecule has 0 unspecified atom stereocenters. The minimum atomic E-state index is -4.30. The van der Waals surface area contributed by atoms with Crippen LogP contribution in [0.5, 0.6) is 0 Å². The Morgan fingerprint density at radius 3 is 2.33 bits per heavy atom. The second kappa shape index (κ2) is 6.59. The SMILES string of the molecule is CC(C)C1CCN(c2ccc(CBr)c(C(F)(F)F)c2)CC1. The quantitative estimate of drug-likeness (QED) is 0.643. The molecule has 1 nitrogen and oxygen atoms in total. The average Bonchev–Trinajstić information content (AvgIpc) is 2.45. The maximum Gasteiger partial charge on any atom is 0.416 e. The van der Waals surface area contributed by atoms with Crippen LogP contribution in [-0.4, -0.2) is 13.1 Å². The van der Waals surface area contributed by atoms with Crippen LogP contribution in [0.2, 0.25) is 0 Å². The first-order valence-corrected chi connectivity index (χ1v) is 8.46. The van der Waals surface area contributed by atoms with Gasteiger partial charge in [-0.2, -0.15) is 13.2 Å². The summed E-state index contributed by atoms with van der Waals surface area (Å²) in [5, 5.41) is 0.220. The summed E-state index contributed by atoms with van der Waals surface area (Å²) in [5.41, 5.74) is 0.459. The Kier molecular flexibility index (Phi) is 5.23. The van der Waals surface area contributed by atoms with Crippen molar-refractivity contribution in [2.24, 2.45) is 11.8 Å². The Morgan fingerprint density at radius 2 is 1.86 bits per heavy atom. The van der Waals surface area contributed by atoms with E-state index in [2.05, 4.69) is 34.7 Å². The lowest BCUT2D eigenvalue weighted by Crippen LogP contribution is -2.35. The number of anilines is 1. The zero-order chi connectivity index (χ0) is 15.6. The third-order valence-corrected chi connectivity index (χ3v) is 4.99. The van der Waals surface area contributed by atoms with E-state index in [-0.39, 0.29) is 5.33 Å². The van der Waals surface area contributed by atoms with Crippen molar-refractivity contribution in [1.29, 1.82) is 0 Å². The fourth-order valence-corrected chi connectivity index (χ4v) is 3.45. The fraction of sp³-hybridized carbons (Fsp3) is 0.625. The molecule has 118 valence electrons. The van der Waals surface area contributed by atoms with Crippen LogP contribution in [0.15, 0.2) is 18.2 Å². The van der Waals surface area contributed by atoms with Crippen molar-refractivity contribution in [2.75, 3.05) is 18.0 Å². The molecule has 1 fully saturated rings. The Hall–Kier alpha value is -0.710. The van der Waals surface area contributed by atoms with Crippen LogP contribution in [0.4, 0.5) is 18.9 Å². The van der Waals surface area contributed by atoms with Gasteiger partial charge in [0.2, 0.25) is 0 Å². The van der Waals surface area contributed by atoms with Crippen LogP contribution in [0, 0.1) is 11.8 Å². The van der Waals surface area contributed by atoms with Crippen LogP contribution in [-0.2, 0) is 11.5 Å². The Balaban J connectivity index is 2.18. The molecule has 0 bridgehead atoms. The van der Waals surface area contributed by atoms with Gasteiger partial charge in [0, 0.05) is 24.1 Å². The van der Waals surface area contributed by atoms with Crippen molar-refractivity contribution in [3.8, 4) is 0 Å². The highest BCUT2D eigenvalue weighted by Gasteiger charge is 2.34. The van der Waals surface area contributed by atoms with E-state index >= 15 is 0 Å². The van der Waals surface area contributed by atoms with Gasteiger partial charge in [0.05, 0.1) is 5.56 Å². The van der Waals surface area contributed by atoms with Crippen LogP contribution in [0.1, 0.15) is 37.8 Å². The number of halogens is 4. The monoisotopic (exact) mass is 363 g/mol. The molecule has 0 spiro atoms. The molecular weight excluding hydrogens is 343 g/mol. The van der Waals surface area contributed by atoms with Crippen LogP contribution >= 0.6 is 15.9 Å². The van der Waals surface area contributed by atoms with Crippen molar-refractivity contribution in [2.45, 2.75) is 38.2 Å². The third kappa shape index (κ3) is 3.93. The van der Waals surface area contributed by atoms with Gasteiger partial charge in [0.1, 0.15) is 0 Å². The van der Waals surface area contributed by atoms with Gasteiger partial charge >= 0.3 is 6.18 Å². The minimum Gasteiger partial charge on any atom is -0.372 e. The molecule has 21 heavy (non-hydrogen) atoms. The number of benzene rings is 1. The largest absolute Gasteiger partial charge is 0.416 e. The van der Waals surface area contributed by atoms with E-state index < -0.39 is 11.7 Å². The van der Waals surface area contributed by atoms with Crippen LogP contribution < -0.4 is 4.90 Å². The first-order valence-electron chi connectivity index (χ1n) is 7.34. The maximum absolute atomic E-state index is 13.1. The number of hydrogen-bond acceptors (Lipinski definition) is 1. The molecule has 0 atom stereocenters. The number of rotatable bonds is 3. The molecule has 0 saturated carbocycles. The standard InChI is InChI=1S/C16H21BrF3N/c1-11(2)12-5-7-21(8-6-12)14-4-3-13(10-17)15(9-14)16(18,19)20/h3-4,9,11-12H,5-8,10H2,1-2H3. The minimum absolute atomic E-state index is 0.220. The molecule has 1 saturated heterocycles. The Morgan fingerprint density at radius 1 is 1.24 bits per heavy atom. The third-order valence-electron chi connectivity index (χ3n) is 4.39. The summed E-state index contributed by atoms with van der Waals surface area (Å²) in [6.07, 6.45) is -2.19. The van der Waals surface area contributed by atoms with Gasteiger partial charge in [-0.3, -0.25) is 0 Å². The van der Waals surface area contributed by atoms with Crippen molar-refractivity contribution >= 4 is 21.6 Å². The lowest BCUT2D eigenvalue weighted by atomic mass is 9.86. The predicted molar refractivity (Wildman–Crippen MR) is 83.9 cm³/mol. The van der Waals surface area contributed by atoms with Crippen molar-refractivity contribution < 1.29 is 13.2 Å². The highest BCUT2D eigenvalue weighted by molar-refractivity contribution is 9.08. The van der Waals surface area contributed by atoms with E-state index in [1.54, 1.807) is 6.07 Å². The summed E-state index contributed by atoms with van der Waals surface area (Å²) in [7, 11) is 0. The molecule has 0 N–H and O–H groups in total. The van der Waals surface area contributed by atoms with Gasteiger partial charge in [-0.25, -0.2) is 0 Å². The summed E-state index contributed by atoms with van der Waals surface area (Å²) in [5.74, 6) is 1.33. The summed E-state index contributed by atoms with van der Waals surface area (Å²) >= 11 is 3.13. The number of nitrogens with zero attached hydrogens (tertiary/aromatic N) is 1. The van der Waals surface area contributed by atoms with E-state index in [4.69, 9.17) is 0 Å². The van der Waals surface area contributed by atoms with Gasteiger partial charge in [-0.15, -0.1) is 0 Å². The van der Waals surface area contributed by atoms with E-state index in [1.165, 1.54) is 6.07 Å². The van der Waals surface area contributed by atoms with Gasteiger partial charge in [-0.1, -0.05) is 35.8 Å². The smallest absolute Gasteiger partial charge is 0.372 e. The molecule has 2 rings (SSSR count). The molecule has 1 aromatic carbocycles. The van der Waals surface area contributed by atoms with Crippen molar-refractivity contribution in [1.82, 2.24) is 0 Å². The summed E-state index contributed by atoms with van der Waals surface area (Å²) in [6, 6.07) is 4.69. The van der Waals surface area contributed by atoms with E-state index in [9.17, 15) is 13.2 Å². The Bertz CT molecular complexity index is 477. The topological polar surface area (TPSA) is 3.24 Å². The van der Waals surface area contributed by atoms with E-state index in [0.29, 0.717) is 23.1 Å². The molecule has 0 amide bonds. The van der Waals surface area contributed by atoms with Gasteiger partial charge in [0.25, 0.3) is 0 Å². The van der Waals surface area contributed by atoms with Crippen molar-refractivity contribution in [3.05, 3.63) is 29.3 Å². The first-order chi connectivity index (χ1) is 9.82. The second-order valence-corrected chi connectivity index (χ2v) is 6.60. The zero-order valence-corrected chi connectivity index (χ0v) is 14.0. The van der Waals surface area contributed by atoms with Gasteiger partial charge in [0.15, 0.2) is 0 Å². The zero-order valence-electron chi connectivity index (χ0n) is 12.4. The molecule has 1 heterocycles. The molecule has 5 heteroatoms. The molecule has 1 aliphatic heterocycles. The molecular formula is C16H21BrF3N. The van der Waals surface area contributed by atoms with E-state index in [0.717, 1.165) is 25.9 Å². The fourth-order valence-electron chi connectivity index (χ4n) is 2.97. The highest BCUT2D eigenvalue weighted by Crippen LogP contribution is 2.36. The van der Waals surface area contributed by atoms with Crippen LogP contribution in [0.3, 0.4) is 0 Å². The first kappa shape index (κ1) is 16.7. The van der Waals surface area contributed by atoms with E-state index in [1.807, 2.05) is 6.07 Å². The summed E-state index contributed by atoms with van der Waals surface area (Å²) < 4.78 is 39.3. The van der Waals surface area contributed by atoms with Crippen LogP contribution in [0.25, 0.3) is 0 Å². The lowest BCUT2D eigenvalue weighted by molar-refractivity contribution is -0.138. The normalized spacial score (nSPS) is 17.6. The maximum atomic E-state index is 13.1. The van der Waals surface area contributed by atoms with Gasteiger partial charge in [-0.05, 0) is 42.4 Å². The predicted octanol–water partition coefficient (Wildman–Crippen LogP) is 5.47. The molecule has 1 aromatic rings. The number of alkyl halides is 4. The average molecular weight is 364 g/mol. The van der Waals surface area contributed by atoms with Gasteiger partial charge < -0.3 is 4.90 Å². The molecule has 1 aliphatic rings. The second-order valence-electron chi connectivity index (χ2n) is 6.04. The van der Waals surface area contributed by atoms with Crippen molar-refractivity contribution in [3.63, 3.8) is 0 Å². The molecule has 0 radical (unpaired) electrons. The number of hydrogen-bond donors (Lipinski definition) is 0. The molecule has 0 aliphatic carbocycles. The molecule has 0 aromatic heterocycles. The summed E-state index contributed by atoms with van der Waals surface area (Å²) in [4.78, 5) is 2.08. The lowest BCUT2D eigenvalue weighted by Gasteiger charge is -2.35. The summed E-state index contributed by atoms with van der Waals surface area (Å²) in [6.45, 7) is 6.11. The number of piperidine rings is 1. The highest BCUT2D eigenvalue weighted by atomic mass is 79.9.